The molecule has 2 amide bonds. The number of carboxylic acids is 1. The minimum atomic E-state index is -1.23. The number of aromatic nitrogens is 3. The summed E-state index contributed by atoms with van der Waals surface area (Å²) in [5.74, 6) is -2.24. The van der Waals surface area contributed by atoms with E-state index in [0.29, 0.717) is 16.9 Å². The number of hydrogen-bond acceptors (Lipinski definition) is 11. The Morgan fingerprint density at radius 3 is 2.62 bits per heavy atom. The van der Waals surface area contributed by atoms with Crippen LogP contribution in [0, 0.1) is 0 Å². The van der Waals surface area contributed by atoms with Gasteiger partial charge in [0.05, 0.1) is 0 Å². The molecule has 3 aliphatic rings. The first kappa shape index (κ1) is 26.7. The number of anilines is 1. The van der Waals surface area contributed by atoms with Crippen molar-refractivity contribution in [3.63, 3.8) is 0 Å². The highest BCUT2D eigenvalue weighted by molar-refractivity contribution is 8.00. The van der Waals surface area contributed by atoms with Gasteiger partial charge < -0.3 is 21.0 Å². The first-order valence-corrected chi connectivity index (χ1v) is 14.1. The Bertz CT molecular complexity index is 1380. The average molecular weight is 573 g/mol. The van der Waals surface area contributed by atoms with Gasteiger partial charge in [-0.1, -0.05) is 5.16 Å². The van der Waals surface area contributed by atoms with Crippen LogP contribution in [0.15, 0.2) is 41.0 Å². The Balaban J connectivity index is 1.32. The number of hydrogen-bond donors (Lipinski definition) is 3. The van der Waals surface area contributed by atoms with E-state index in [9.17, 15) is 24.3 Å². The van der Waals surface area contributed by atoms with Crippen molar-refractivity contribution in [3.05, 3.63) is 47.2 Å². The van der Waals surface area contributed by atoms with Crippen molar-refractivity contribution in [3.8, 4) is 0 Å². The van der Waals surface area contributed by atoms with E-state index in [1.54, 1.807) is 29.1 Å². The molecule has 4 heterocycles. The third-order valence-electron chi connectivity index (χ3n) is 6.67. The largest absolute Gasteiger partial charge is 0.477 e. The molecule has 0 aromatic carbocycles. The maximum atomic E-state index is 13.2. The van der Waals surface area contributed by atoms with Crippen LogP contribution in [0.1, 0.15) is 48.8 Å². The first-order valence-electron chi connectivity index (χ1n) is 12.3. The molecule has 2 atom stereocenters. The van der Waals surface area contributed by atoms with Gasteiger partial charge >= 0.3 is 5.97 Å². The molecule has 15 heteroatoms. The van der Waals surface area contributed by atoms with Crippen LogP contribution in [0.3, 0.4) is 0 Å². The maximum absolute atomic E-state index is 13.2. The van der Waals surface area contributed by atoms with Gasteiger partial charge in [0.25, 0.3) is 11.8 Å². The van der Waals surface area contributed by atoms with Gasteiger partial charge in [0.1, 0.15) is 23.2 Å². The number of carbonyl (C=O) groups is 4. The number of rotatable bonds is 9. The van der Waals surface area contributed by atoms with Gasteiger partial charge in [-0.15, -0.1) is 11.8 Å². The van der Waals surface area contributed by atoms with Gasteiger partial charge in [-0.05, 0) is 32.6 Å². The zero-order valence-electron chi connectivity index (χ0n) is 20.9. The molecule has 5 rings (SSSR count). The molecule has 2 aliphatic heterocycles. The normalized spacial score (nSPS) is 21.4. The Morgan fingerprint density at radius 1 is 1.28 bits per heavy atom. The summed E-state index contributed by atoms with van der Waals surface area (Å²) < 4.78 is 5.81. The number of nitrogens with zero attached hydrogens (tertiary/aromatic N) is 5. The van der Waals surface area contributed by atoms with Crippen LogP contribution < -0.4 is 15.6 Å². The SMILES string of the molecule is CC(=O)c1cc[n+](CC2=C(C(=O)O)N3C(=O)C(NC(=O)C(=NOC4CCCC4)c4nsc(N)n4)[C@H]3SC2)cc1. The molecule has 2 aromatic rings. The van der Waals surface area contributed by atoms with Gasteiger partial charge in [0.2, 0.25) is 11.5 Å². The van der Waals surface area contributed by atoms with E-state index in [2.05, 4.69) is 19.8 Å². The molecule has 0 bridgehead atoms. The molecule has 4 N–H and O–H groups in total. The number of β-lactam (4-membered cyclic amide) rings is 1. The smallest absolute Gasteiger partial charge is 0.352 e. The summed E-state index contributed by atoms with van der Waals surface area (Å²) in [6.45, 7) is 1.69. The number of oxime groups is 1. The van der Waals surface area contributed by atoms with E-state index in [1.165, 1.54) is 23.6 Å². The summed E-state index contributed by atoms with van der Waals surface area (Å²) in [7, 11) is 0. The summed E-state index contributed by atoms with van der Waals surface area (Å²) in [6.07, 6.45) is 6.94. The number of fused-ring (bicyclic) bond motifs is 1. The molecule has 2 aromatic heterocycles. The van der Waals surface area contributed by atoms with Crippen molar-refractivity contribution >= 4 is 57.7 Å². The minimum Gasteiger partial charge on any atom is -0.477 e. The summed E-state index contributed by atoms with van der Waals surface area (Å²) >= 11 is 2.25. The molecule has 1 saturated heterocycles. The summed E-state index contributed by atoms with van der Waals surface area (Å²) in [5.41, 5.74) is 6.47. The second-order valence-corrected chi connectivity index (χ2v) is 11.2. The molecular formula is C24H26N7O6S2+. The number of nitrogens with two attached hydrogens (primary N) is 1. The molecule has 39 heavy (non-hydrogen) atoms. The predicted octanol–water partition coefficient (Wildman–Crippen LogP) is 0.713. The van der Waals surface area contributed by atoms with Crippen LogP contribution in [-0.2, 0) is 25.8 Å². The Labute approximate surface area is 231 Å². The van der Waals surface area contributed by atoms with Crippen LogP contribution in [0.5, 0.6) is 0 Å². The molecule has 2 fully saturated rings. The number of ketones is 1. The van der Waals surface area contributed by atoms with Crippen LogP contribution in [-0.4, -0.2) is 71.9 Å². The van der Waals surface area contributed by atoms with Crippen molar-refractivity contribution in [2.24, 2.45) is 5.16 Å². The Morgan fingerprint density at radius 2 is 2.00 bits per heavy atom. The number of pyridine rings is 1. The molecule has 1 saturated carbocycles. The fourth-order valence-electron chi connectivity index (χ4n) is 4.67. The van der Waals surface area contributed by atoms with Gasteiger partial charge in [-0.25, -0.2) is 9.36 Å². The number of carboxylic acid groups (broad SMARTS) is 1. The zero-order valence-corrected chi connectivity index (χ0v) is 22.5. The quantitative estimate of drug-likeness (QED) is 0.127. The highest BCUT2D eigenvalue weighted by Gasteiger charge is 2.55. The first-order chi connectivity index (χ1) is 18.7. The van der Waals surface area contributed by atoms with E-state index in [-0.39, 0.29) is 40.8 Å². The lowest BCUT2D eigenvalue weighted by Crippen LogP contribution is -2.71. The lowest BCUT2D eigenvalue weighted by Gasteiger charge is -2.49. The predicted molar refractivity (Wildman–Crippen MR) is 141 cm³/mol. The van der Waals surface area contributed by atoms with Crippen LogP contribution in [0.4, 0.5) is 5.13 Å². The third kappa shape index (κ3) is 5.49. The standard InChI is InChI=1S/C24H25N7O6S2/c1-12(32)13-6-8-30(9-7-13)10-14-11-38-22-17(21(34)31(22)18(14)23(35)36)26-20(33)16(19-27-24(25)39-29-19)28-37-15-4-2-3-5-15/h6-9,15,17,22H,2-5,10-11H2,1H3,(H3-,25,26,27,29,33,35,36)/p+1/t17?,22-/m1/s1. The van der Waals surface area contributed by atoms with Crippen molar-refractivity contribution in [2.45, 2.75) is 56.7 Å². The Kier molecular flexibility index (Phi) is 7.61. The fourth-order valence-corrected chi connectivity index (χ4v) is 6.44. The maximum Gasteiger partial charge on any atom is 0.352 e. The molecule has 0 radical (unpaired) electrons. The molecular weight excluding hydrogens is 546 g/mol. The molecule has 1 unspecified atom stereocenters. The fraction of sp³-hybridized carbons (Fsp3) is 0.417. The highest BCUT2D eigenvalue weighted by atomic mass is 32.2. The van der Waals surface area contributed by atoms with Crippen LogP contribution >= 0.6 is 23.3 Å². The summed E-state index contributed by atoms with van der Waals surface area (Å²) in [6, 6.07) is 2.35. The van der Waals surface area contributed by atoms with E-state index in [1.807, 2.05) is 0 Å². The number of nitrogens with one attached hydrogen (secondary N) is 1. The molecule has 0 spiro atoms. The van der Waals surface area contributed by atoms with E-state index in [0.717, 1.165) is 37.2 Å². The van der Waals surface area contributed by atoms with Gasteiger partial charge in [-0.3, -0.25) is 19.3 Å². The number of thioether (sulfide) groups is 1. The van der Waals surface area contributed by atoms with Crippen molar-refractivity contribution in [1.82, 2.24) is 19.6 Å². The minimum absolute atomic E-state index is 0.00542. The summed E-state index contributed by atoms with van der Waals surface area (Å²) in [5, 5.41) is 16.2. The van der Waals surface area contributed by atoms with Crippen LogP contribution in [0.25, 0.3) is 0 Å². The molecule has 204 valence electrons. The van der Waals surface area contributed by atoms with Crippen molar-refractivity contribution in [2.75, 3.05) is 11.5 Å². The van der Waals surface area contributed by atoms with Gasteiger partial charge in [0.15, 0.2) is 29.9 Å². The monoisotopic (exact) mass is 572 g/mol. The third-order valence-corrected chi connectivity index (χ3v) is 8.55. The van der Waals surface area contributed by atoms with Crippen molar-refractivity contribution in [1.29, 1.82) is 0 Å². The summed E-state index contributed by atoms with van der Waals surface area (Å²) in [4.78, 5) is 60.9. The van der Waals surface area contributed by atoms with Crippen LogP contribution in [0.2, 0.25) is 0 Å². The van der Waals surface area contributed by atoms with E-state index < -0.39 is 29.2 Å². The highest BCUT2D eigenvalue weighted by Crippen LogP contribution is 2.40. The average Bonchev–Trinajstić information content (AvgIpc) is 3.59. The lowest BCUT2D eigenvalue weighted by molar-refractivity contribution is -0.689. The number of nitrogen functional groups attached to an aromatic ring is 1. The molecule has 1 aliphatic carbocycles. The van der Waals surface area contributed by atoms with Gasteiger partial charge in [0, 0.05) is 40.6 Å². The van der Waals surface area contributed by atoms with E-state index >= 15 is 0 Å². The topological polar surface area (TPSA) is 181 Å². The number of aliphatic carboxylic acids is 1. The second-order valence-electron chi connectivity index (χ2n) is 9.34. The number of amides is 2. The Hall–Kier alpha value is -3.85. The van der Waals surface area contributed by atoms with Crippen molar-refractivity contribution < 1.29 is 33.7 Å². The lowest BCUT2D eigenvalue weighted by atomic mass is 10.0. The number of Topliss-reactive ketones (excluding diaryl/α,β-unsaturated/α-hetero) is 1. The zero-order chi connectivity index (χ0) is 27.7. The molecule has 13 nitrogen and oxygen atoms in total. The van der Waals surface area contributed by atoms with E-state index in [4.69, 9.17) is 10.6 Å². The van der Waals surface area contributed by atoms with Gasteiger partial charge in [-0.2, -0.15) is 9.36 Å². The number of carbonyl (C=O) groups excluding carboxylic acids is 3. The second kappa shape index (κ2) is 11.1.